The van der Waals surface area contributed by atoms with E-state index in [-0.39, 0.29) is 12.0 Å². The third kappa shape index (κ3) is 4.11. The third-order valence-corrected chi connectivity index (χ3v) is 3.97. The molecule has 4 nitrogen and oxygen atoms in total. The number of carbonyl (C=O) groups excluding carboxylic acids is 1. The number of carbonyl (C=O) groups is 1. The lowest BCUT2D eigenvalue weighted by Crippen LogP contribution is -2.16. The molecule has 1 aliphatic rings. The van der Waals surface area contributed by atoms with Crippen molar-refractivity contribution in [1.82, 2.24) is 0 Å². The van der Waals surface area contributed by atoms with Crippen LogP contribution in [0.1, 0.15) is 28.8 Å². The van der Waals surface area contributed by atoms with E-state index in [1.165, 1.54) is 0 Å². The second-order valence-electron chi connectivity index (χ2n) is 5.74. The Bertz CT molecular complexity index is 661. The largest absolute Gasteiger partial charge is 0.491 e. The Labute approximate surface area is 136 Å². The molecule has 0 aliphatic carbocycles. The van der Waals surface area contributed by atoms with Crippen LogP contribution in [0.4, 0.5) is 5.69 Å². The molecule has 0 spiro atoms. The lowest BCUT2D eigenvalue weighted by molar-refractivity contribution is 0.0679. The maximum Gasteiger partial charge on any atom is 0.255 e. The van der Waals surface area contributed by atoms with Crippen molar-refractivity contribution in [3.8, 4) is 5.75 Å². The van der Waals surface area contributed by atoms with Gasteiger partial charge in [-0.05, 0) is 55.7 Å². The summed E-state index contributed by atoms with van der Waals surface area (Å²) in [6, 6.07) is 14.9. The van der Waals surface area contributed by atoms with Crippen LogP contribution in [-0.2, 0) is 4.74 Å². The van der Waals surface area contributed by atoms with Crippen LogP contribution in [-0.4, -0.2) is 25.2 Å². The summed E-state index contributed by atoms with van der Waals surface area (Å²) in [7, 11) is 0. The number of nitrogens with one attached hydrogen (secondary N) is 1. The Balaban J connectivity index is 1.57. The fourth-order valence-corrected chi connectivity index (χ4v) is 2.58. The molecule has 1 fully saturated rings. The number of rotatable bonds is 5. The summed E-state index contributed by atoms with van der Waals surface area (Å²) in [4.78, 5) is 12.3. The lowest BCUT2D eigenvalue weighted by Gasteiger charge is -2.12. The first-order chi connectivity index (χ1) is 11.2. The molecule has 1 heterocycles. The van der Waals surface area contributed by atoms with Gasteiger partial charge in [0, 0.05) is 17.9 Å². The smallest absolute Gasteiger partial charge is 0.255 e. The Morgan fingerprint density at radius 1 is 1.22 bits per heavy atom. The summed E-state index contributed by atoms with van der Waals surface area (Å²) in [6.07, 6.45) is 2.35. The first kappa shape index (κ1) is 15.6. The van der Waals surface area contributed by atoms with Crippen LogP contribution in [0.3, 0.4) is 0 Å². The summed E-state index contributed by atoms with van der Waals surface area (Å²) in [6.45, 7) is 3.36. The minimum atomic E-state index is -0.120. The van der Waals surface area contributed by atoms with Gasteiger partial charge in [0.15, 0.2) is 0 Å². The molecule has 0 aromatic heterocycles. The van der Waals surface area contributed by atoms with E-state index >= 15 is 0 Å². The number of para-hydroxylation sites is 1. The van der Waals surface area contributed by atoms with Gasteiger partial charge in [-0.25, -0.2) is 0 Å². The zero-order valence-electron chi connectivity index (χ0n) is 13.2. The summed E-state index contributed by atoms with van der Waals surface area (Å²) in [5, 5.41) is 2.92. The van der Waals surface area contributed by atoms with E-state index in [1.54, 1.807) is 12.1 Å². The molecular formula is C19H21NO3. The molecular weight excluding hydrogens is 290 g/mol. The molecule has 120 valence electrons. The Hall–Kier alpha value is -2.33. The van der Waals surface area contributed by atoms with Gasteiger partial charge in [0.1, 0.15) is 12.4 Å². The van der Waals surface area contributed by atoms with E-state index in [0.29, 0.717) is 12.2 Å². The van der Waals surface area contributed by atoms with E-state index in [9.17, 15) is 4.79 Å². The second kappa shape index (κ2) is 7.29. The SMILES string of the molecule is Cc1ccccc1NC(=O)c1ccc(OCC2CCCO2)cc1. The number of ether oxygens (including phenoxy) is 2. The van der Waals surface area contributed by atoms with Crippen molar-refractivity contribution in [2.75, 3.05) is 18.5 Å². The molecule has 1 saturated heterocycles. The molecule has 0 radical (unpaired) electrons. The van der Waals surface area contributed by atoms with Crippen LogP contribution in [0.2, 0.25) is 0 Å². The molecule has 2 aromatic carbocycles. The highest BCUT2D eigenvalue weighted by Crippen LogP contribution is 2.18. The lowest BCUT2D eigenvalue weighted by atomic mass is 10.1. The van der Waals surface area contributed by atoms with E-state index in [4.69, 9.17) is 9.47 Å². The van der Waals surface area contributed by atoms with Gasteiger partial charge in [-0.2, -0.15) is 0 Å². The number of aryl methyl sites for hydroxylation is 1. The van der Waals surface area contributed by atoms with Crippen LogP contribution in [0.5, 0.6) is 5.75 Å². The van der Waals surface area contributed by atoms with Gasteiger partial charge in [-0.1, -0.05) is 18.2 Å². The number of benzene rings is 2. The fourth-order valence-electron chi connectivity index (χ4n) is 2.58. The number of hydrogen-bond acceptors (Lipinski definition) is 3. The summed E-state index contributed by atoms with van der Waals surface area (Å²) in [5.74, 6) is 0.637. The molecule has 1 amide bonds. The van der Waals surface area contributed by atoms with Gasteiger partial charge in [-0.15, -0.1) is 0 Å². The first-order valence-electron chi connectivity index (χ1n) is 7.94. The number of anilines is 1. The highest BCUT2D eigenvalue weighted by Gasteiger charge is 2.16. The second-order valence-corrected chi connectivity index (χ2v) is 5.74. The first-order valence-corrected chi connectivity index (χ1v) is 7.94. The van der Waals surface area contributed by atoms with E-state index in [1.807, 2.05) is 43.3 Å². The monoisotopic (exact) mass is 311 g/mol. The van der Waals surface area contributed by atoms with Crippen LogP contribution >= 0.6 is 0 Å². The maximum atomic E-state index is 12.3. The molecule has 3 rings (SSSR count). The molecule has 0 saturated carbocycles. The maximum absolute atomic E-state index is 12.3. The van der Waals surface area contributed by atoms with Crippen LogP contribution < -0.4 is 10.1 Å². The van der Waals surface area contributed by atoms with Gasteiger partial charge in [0.25, 0.3) is 5.91 Å². The minimum Gasteiger partial charge on any atom is -0.491 e. The summed E-state index contributed by atoms with van der Waals surface area (Å²) >= 11 is 0. The third-order valence-electron chi connectivity index (χ3n) is 3.97. The zero-order valence-corrected chi connectivity index (χ0v) is 13.2. The highest BCUT2D eigenvalue weighted by molar-refractivity contribution is 6.04. The van der Waals surface area contributed by atoms with E-state index in [2.05, 4.69) is 5.32 Å². The van der Waals surface area contributed by atoms with Crippen LogP contribution in [0.25, 0.3) is 0 Å². The molecule has 0 bridgehead atoms. The van der Waals surface area contributed by atoms with Gasteiger partial charge in [0.2, 0.25) is 0 Å². The van der Waals surface area contributed by atoms with Crippen LogP contribution in [0.15, 0.2) is 48.5 Å². The molecule has 1 unspecified atom stereocenters. The molecule has 23 heavy (non-hydrogen) atoms. The van der Waals surface area contributed by atoms with Crippen molar-refractivity contribution in [2.24, 2.45) is 0 Å². The predicted molar refractivity (Wildman–Crippen MR) is 90.0 cm³/mol. The average molecular weight is 311 g/mol. The average Bonchev–Trinajstić information content (AvgIpc) is 3.09. The van der Waals surface area contributed by atoms with Gasteiger partial charge in [-0.3, -0.25) is 4.79 Å². The molecule has 1 N–H and O–H groups in total. The van der Waals surface area contributed by atoms with Crippen LogP contribution in [0, 0.1) is 6.92 Å². The van der Waals surface area contributed by atoms with Crippen molar-refractivity contribution in [3.05, 3.63) is 59.7 Å². The molecule has 4 heteroatoms. The summed E-state index contributed by atoms with van der Waals surface area (Å²) < 4.78 is 11.2. The Morgan fingerprint density at radius 2 is 2.00 bits per heavy atom. The topological polar surface area (TPSA) is 47.6 Å². The molecule has 2 aromatic rings. The number of hydrogen-bond donors (Lipinski definition) is 1. The Morgan fingerprint density at radius 3 is 2.70 bits per heavy atom. The van der Waals surface area contributed by atoms with Gasteiger partial charge >= 0.3 is 0 Å². The van der Waals surface area contributed by atoms with Crippen molar-refractivity contribution in [1.29, 1.82) is 0 Å². The van der Waals surface area contributed by atoms with Crippen molar-refractivity contribution < 1.29 is 14.3 Å². The normalized spacial score (nSPS) is 17.0. The van der Waals surface area contributed by atoms with E-state index < -0.39 is 0 Å². The van der Waals surface area contributed by atoms with Gasteiger partial charge in [0.05, 0.1) is 6.10 Å². The standard InChI is InChI=1S/C19H21NO3/c1-14-5-2-3-7-18(14)20-19(21)15-8-10-16(11-9-15)23-13-17-6-4-12-22-17/h2-3,5,7-11,17H,4,6,12-13H2,1H3,(H,20,21). The Kier molecular flexibility index (Phi) is 4.93. The highest BCUT2D eigenvalue weighted by atomic mass is 16.5. The van der Waals surface area contributed by atoms with E-state index in [0.717, 1.165) is 36.4 Å². The van der Waals surface area contributed by atoms with Gasteiger partial charge < -0.3 is 14.8 Å². The van der Waals surface area contributed by atoms with Crippen molar-refractivity contribution in [2.45, 2.75) is 25.9 Å². The van der Waals surface area contributed by atoms with Crippen molar-refractivity contribution >= 4 is 11.6 Å². The minimum absolute atomic E-state index is 0.120. The predicted octanol–water partition coefficient (Wildman–Crippen LogP) is 3.81. The fraction of sp³-hybridized carbons (Fsp3) is 0.316. The zero-order chi connectivity index (χ0) is 16.1. The summed E-state index contributed by atoms with van der Waals surface area (Å²) in [5.41, 5.74) is 2.48. The van der Waals surface area contributed by atoms with Crippen molar-refractivity contribution in [3.63, 3.8) is 0 Å². The molecule has 1 atom stereocenters. The quantitative estimate of drug-likeness (QED) is 0.913. The molecule has 1 aliphatic heterocycles. The number of amides is 1.